The summed E-state index contributed by atoms with van der Waals surface area (Å²) in [5, 5.41) is 0. The quantitative estimate of drug-likeness (QED) is 0.410. The molecule has 0 radical (unpaired) electrons. The average molecular weight is 449 g/mol. The summed E-state index contributed by atoms with van der Waals surface area (Å²) in [7, 11) is 0. The van der Waals surface area contributed by atoms with Crippen LogP contribution in [0.3, 0.4) is 0 Å². The van der Waals surface area contributed by atoms with Gasteiger partial charge in [0.05, 0.1) is 0 Å². The van der Waals surface area contributed by atoms with Crippen LogP contribution >= 0.6 is 0 Å². The molecule has 2 aromatic carbocycles. The zero-order valence-corrected chi connectivity index (χ0v) is 19.8. The SMILES string of the molecule is CCB(CC)C1=[C](c2ccccc2)[Sn]([CH3])([CH3])[C](c2ccccc2)=C1CC. The summed E-state index contributed by atoms with van der Waals surface area (Å²) in [6.07, 6.45) is 3.61. The van der Waals surface area contributed by atoms with Crippen LogP contribution in [-0.4, -0.2) is 25.1 Å². The van der Waals surface area contributed by atoms with Crippen molar-refractivity contribution in [2.75, 3.05) is 0 Å². The van der Waals surface area contributed by atoms with E-state index in [1.807, 2.05) is 0 Å². The van der Waals surface area contributed by atoms with E-state index in [4.69, 9.17) is 0 Å². The van der Waals surface area contributed by atoms with Crippen LogP contribution in [0.4, 0.5) is 0 Å². The molecule has 2 heteroatoms. The van der Waals surface area contributed by atoms with Gasteiger partial charge in [0.1, 0.15) is 0 Å². The first-order valence-electron chi connectivity index (χ1n) is 10.2. The van der Waals surface area contributed by atoms with Crippen LogP contribution < -0.4 is 0 Å². The molecule has 0 N–H and O–H groups in total. The van der Waals surface area contributed by atoms with E-state index in [1.54, 1.807) is 18.2 Å². The standard InChI is InChI=1S/C22H25B.2CH3.Sn/c1-4-21(17-19-13-9-7-10-14-19)22(23(5-2)6-3)18-20-15-11-8-12-16-20;;;/h7-16H,4-6H2,1-3H3;2*1H3;. The predicted molar refractivity (Wildman–Crippen MR) is 121 cm³/mol. The fraction of sp³-hybridized carbons (Fsp3) is 0.333. The van der Waals surface area contributed by atoms with Crippen LogP contribution in [0.15, 0.2) is 71.7 Å². The summed E-state index contributed by atoms with van der Waals surface area (Å²) in [6, 6.07) is 22.5. The van der Waals surface area contributed by atoms with Gasteiger partial charge < -0.3 is 0 Å². The number of hydrogen-bond donors (Lipinski definition) is 0. The van der Waals surface area contributed by atoms with Crippen molar-refractivity contribution in [3.63, 3.8) is 0 Å². The Bertz CT molecular complexity index is 812. The summed E-state index contributed by atoms with van der Waals surface area (Å²) in [5.41, 5.74) is 6.33. The van der Waals surface area contributed by atoms with Crippen LogP contribution in [0.2, 0.25) is 22.5 Å². The molecule has 0 nitrogen and oxygen atoms in total. The molecule has 0 unspecified atom stereocenters. The Morgan fingerprint density at radius 1 is 0.692 bits per heavy atom. The zero-order valence-electron chi connectivity index (χ0n) is 17.0. The Balaban J connectivity index is 2.31. The minimum atomic E-state index is -2.68. The van der Waals surface area contributed by atoms with Crippen molar-refractivity contribution < 1.29 is 0 Å². The second-order valence-corrected chi connectivity index (χ2v) is 20.0. The van der Waals surface area contributed by atoms with E-state index in [1.165, 1.54) is 23.8 Å². The Kier molecular flexibility index (Phi) is 6.17. The van der Waals surface area contributed by atoms with Crippen molar-refractivity contribution in [1.29, 1.82) is 0 Å². The van der Waals surface area contributed by atoms with E-state index < -0.39 is 18.4 Å². The third-order valence-corrected chi connectivity index (χ3v) is 16.4. The molecule has 0 bridgehead atoms. The van der Waals surface area contributed by atoms with Crippen LogP contribution in [0.5, 0.6) is 0 Å². The molecule has 0 saturated carbocycles. The van der Waals surface area contributed by atoms with Crippen molar-refractivity contribution in [2.45, 2.75) is 49.7 Å². The molecule has 0 fully saturated rings. The molecule has 2 aromatic rings. The second-order valence-electron chi connectivity index (χ2n) is 7.87. The molecule has 1 heterocycles. The van der Waals surface area contributed by atoms with Crippen molar-refractivity contribution in [3.8, 4) is 0 Å². The second kappa shape index (κ2) is 8.21. The van der Waals surface area contributed by atoms with Gasteiger partial charge in [0.25, 0.3) is 0 Å². The van der Waals surface area contributed by atoms with Gasteiger partial charge in [0.2, 0.25) is 0 Å². The first kappa shape index (κ1) is 19.5. The molecular weight excluding hydrogens is 418 g/mol. The fourth-order valence-electron chi connectivity index (χ4n) is 4.90. The van der Waals surface area contributed by atoms with Crippen molar-refractivity contribution in [2.24, 2.45) is 0 Å². The van der Waals surface area contributed by atoms with Gasteiger partial charge in [-0.2, -0.15) is 0 Å². The van der Waals surface area contributed by atoms with Gasteiger partial charge in [0.15, 0.2) is 0 Å². The minimum absolute atomic E-state index is 0.678. The van der Waals surface area contributed by atoms with E-state index in [0.717, 1.165) is 6.42 Å². The zero-order chi connectivity index (χ0) is 18.7. The molecule has 0 aliphatic carbocycles. The number of benzene rings is 2. The molecule has 0 saturated heterocycles. The van der Waals surface area contributed by atoms with Gasteiger partial charge >= 0.3 is 165 Å². The summed E-state index contributed by atoms with van der Waals surface area (Å²) in [6.45, 7) is 7.76. The van der Waals surface area contributed by atoms with E-state index in [-0.39, 0.29) is 0 Å². The predicted octanol–water partition coefficient (Wildman–Crippen LogP) is 7.18. The van der Waals surface area contributed by atoms with E-state index in [0.29, 0.717) is 6.71 Å². The molecule has 0 amide bonds. The van der Waals surface area contributed by atoms with Gasteiger partial charge in [0, 0.05) is 0 Å². The van der Waals surface area contributed by atoms with Crippen LogP contribution in [0.25, 0.3) is 7.18 Å². The van der Waals surface area contributed by atoms with Crippen molar-refractivity contribution in [1.82, 2.24) is 0 Å². The number of hydrogen-bond acceptors (Lipinski definition) is 0. The van der Waals surface area contributed by atoms with E-state index in [9.17, 15) is 0 Å². The summed E-state index contributed by atoms with van der Waals surface area (Å²) in [4.78, 5) is 5.26. The first-order valence-corrected chi connectivity index (χ1v) is 18.7. The van der Waals surface area contributed by atoms with Crippen LogP contribution in [0, 0.1) is 0 Å². The Morgan fingerprint density at radius 3 is 1.58 bits per heavy atom. The summed E-state index contributed by atoms with van der Waals surface area (Å²) >= 11 is -2.68. The topological polar surface area (TPSA) is 0 Å². The molecule has 1 aliphatic heterocycles. The van der Waals surface area contributed by atoms with Crippen molar-refractivity contribution >= 4 is 32.3 Å². The Labute approximate surface area is 164 Å². The van der Waals surface area contributed by atoms with Crippen molar-refractivity contribution in [3.05, 3.63) is 82.8 Å². The third kappa shape index (κ3) is 3.35. The number of rotatable bonds is 6. The Hall–Kier alpha value is -1.22. The summed E-state index contributed by atoms with van der Waals surface area (Å²) in [5.74, 6) is 0. The van der Waals surface area contributed by atoms with Gasteiger partial charge in [-0.3, -0.25) is 0 Å². The van der Waals surface area contributed by atoms with Crippen LogP contribution in [0.1, 0.15) is 38.3 Å². The maximum atomic E-state index is 2.63. The fourth-order valence-corrected chi connectivity index (χ4v) is 16.7. The van der Waals surface area contributed by atoms with Gasteiger partial charge in [-0.05, 0) is 0 Å². The first-order chi connectivity index (χ1) is 12.6. The molecule has 3 rings (SSSR count). The average Bonchev–Trinajstić information content (AvgIpc) is 2.91. The molecule has 0 aromatic heterocycles. The molecule has 0 atom stereocenters. The van der Waals surface area contributed by atoms with E-state index >= 15 is 0 Å². The van der Waals surface area contributed by atoms with Gasteiger partial charge in [-0.25, -0.2) is 0 Å². The Morgan fingerprint density at radius 2 is 1.15 bits per heavy atom. The normalized spacial score (nSPS) is 16.3. The molecule has 1 aliphatic rings. The molecular formula is C24H31BSn. The summed E-state index contributed by atoms with van der Waals surface area (Å²) < 4.78 is 3.49. The van der Waals surface area contributed by atoms with Gasteiger partial charge in [-0.15, -0.1) is 0 Å². The molecule has 26 heavy (non-hydrogen) atoms. The van der Waals surface area contributed by atoms with Crippen LogP contribution in [-0.2, 0) is 0 Å². The third-order valence-electron chi connectivity index (χ3n) is 6.02. The maximum absolute atomic E-state index is 2.68. The molecule has 134 valence electrons. The molecule has 0 spiro atoms. The van der Waals surface area contributed by atoms with E-state index in [2.05, 4.69) is 91.3 Å². The van der Waals surface area contributed by atoms with Gasteiger partial charge in [-0.1, -0.05) is 0 Å². The number of allylic oxidation sites excluding steroid dienone is 2. The monoisotopic (exact) mass is 450 g/mol.